The molecule has 1 N–H and O–H groups in total. The second-order valence-electron chi connectivity index (χ2n) is 2.72. The molecule has 12 heavy (non-hydrogen) atoms. The lowest BCUT2D eigenvalue weighted by Crippen LogP contribution is -2.46. The molecule has 0 amide bonds. The van der Waals surface area contributed by atoms with Crippen molar-refractivity contribution in [2.45, 2.75) is 11.7 Å². The third-order valence-electron chi connectivity index (χ3n) is 2.14. The van der Waals surface area contributed by atoms with Gasteiger partial charge in [0.2, 0.25) is 0 Å². The number of ether oxygens (including phenoxy) is 2. The van der Waals surface area contributed by atoms with Crippen LogP contribution in [0.2, 0.25) is 0 Å². The molecule has 3 heteroatoms. The highest BCUT2D eigenvalue weighted by Crippen LogP contribution is 2.23. The molecular formula is C9H14O3. The molecule has 3 nitrogen and oxygen atoms in total. The third-order valence-corrected chi connectivity index (χ3v) is 2.14. The summed E-state index contributed by atoms with van der Waals surface area (Å²) >= 11 is 0. The Morgan fingerprint density at radius 1 is 1.42 bits per heavy atom. The first kappa shape index (κ1) is 9.45. The summed E-state index contributed by atoms with van der Waals surface area (Å²) in [6.07, 6.45) is 7.18. The number of methoxy groups -OCH3 is 2. The van der Waals surface area contributed by atoms with Crippen LogP contribution in [0.15, 0.2) is 24.3 Å². The number of aliphatic hydroxyl groups excluding tert-OH is 1. The molecule has 0 aromatic heterocycles. The van der Waals surface area contributed by atoms with Gasteiger partial charge in [-0.15, -0.1) is 0 Å². The molecule has 0 saturated carbocycles. The van der Waals surface area contributed by atoms with Crippen molar-refractivity contribution < 1.29 is 14.6 Å². The Morgan fingerprint density at radius 3 is 2.58 bits per heavy atom. The van der Waals surface area contributed by atoms with E-state index in [1.54, 1.807) is 20.3 Å². The normalized spacial score (nSPS) is 34.1. The second kappa shape index (κ2) is 3.85. The molecule has 0 aromatic carbocycles. The fraction of sp³-hybridized carbons (Fsp3) is 0.556. The summed E-state index contributed by atoms with van der Waals surface area (Å²) in [4.78, 5) is 0. The lowest BCUT2D eigenvalue weighted by molar-refractivity contribution is -0.0930. The molecule has 0 aromatic rings. The molecule has 0 fully saturated rings. The zero-order valence-corrected chi connectivity index (χ0v) is 7.36. The molecule has 0 spiro atoms. The van der Waals surface area contributed by atoms with E-state index in [1.165, 1.54) is 0 Å². The van der Waals surface area contributed by atoms with Crippen LogP contribution in [0.1, 0.15) is 0 Å². The summed E-state index contributed by atoms with van der Waals surface area (Å²) in [5.74, 6) is 0. The van der Waals surface area contributed by atoms with Crippen LogP contribution in [0.3, 0.4) is 0 Å². The van der Waals surface area contributed by atoms with E-state index in [0.29, 0.717) is 0 Å². The summed E-state index contributed by atoms with van der Waals surface area (Å²) in [6, 6.07) is 0. The Bertz CT molecular complexity index is 192. The van der Waals surface area contributed by atoms with Crippen molar-refractivity contribution in [3.8, 4) is 0 Å². The van der Waals surface area contributed by atoms with Crippen molar-refractivity contribution in [2.75, 3.05) is 20.8 Å². The van der Waals surface area contributed by atoms with Crippen molar-refractivity contribution in [3.05, 3.63) is 24.3 Å². The van der Waals surface area contributed by atoms with E-state index in [9.17, 15) is 0 Å². The van der Waals surface area contributed by atoms with Crippen molar-refractivity contribution in [1.29, 1.82) is 0 Å². The maximum absolute atomic E-state index is 9.15. The Labute approximate surface area is 72.3 Å². The molecule has 68 valence electrons. The van der Waals surface area contributed by atoms with Gasteiger partial charge in [0, 0.05) is 14.2 Å². The standard InChI is InChI=1S/C9H14O3/c1-11-8-5-3-4-6-9(8,7-10)12-2/h3-6,8,10H,7H2,1-2H3/t8-,9-/m1/s1. The Balaban J connectivity index is 2.84. The monoisotopic (exact) mass is 170 g/mol. The minimum Gasteiger partial charge on any atom is -0.393 e. The van der Waals surface area contributed by atoms with Gasteiger partial charge in [0.1, 0.15) is 11.7 Å². The van der Waals surface area contributed by atoms with Gasteiger partial charge in [0.15, 0.2) is 0 Å². The van der Waals surface area contributed by atoms with Crippen LogP contribution in [0.25, 0.3) is 0 Å². The summed E-state index contributed by atoms with van der Waals surface area (Å²) < 4.78 is 10.4. The molecule has 0 bridgehead atoms. The summed E-state index contributed by atoms with van der Waals surface area (Å²) in [5, 5.41) is 9.15. The zero-order chi connectivity index (χ0) is 9.03. The summed E-state index contributed by atoms with van der Waals surface area (Å²) in [6.45, 7) is -0.0805. The number of rotatable bonds is 3. The van der Waals surface area contributed by atoms with E-state index in [-0.39, 0.29) is 12.7 Å². The minimum absolute atomic E-state index is 0.0805. The topological polar surface area (TPSA) is 38.7 Å². The predicted octanol–water partition coefficient (Wildman–Crippen LogP) is 0.505. The fourth-order valence-corrected chi connectivity index (χ4v) is 1.31. The molecule has 0 unspecified atom stereocenters. The van der Waals surface area contributed by atoms with E-state index >= 15 is 0 Å². The van der Waals surface area contributed by atoms with Gasteiger partial charge in [-0.2, -0.15) is 0 Å². The van der Waals surface area contributed by atoms with Gasteiger partial charge in [-0.05, 0) is 6.08 Å². The highest BCUT2D eigenvalue weighted by atomic mass is 16.5. The van der Waals surface area contributed by atoms with Gasteiger partial charge < -0.3 is 14.6 Å². The third kappa shape index (κ3) is 1.43. The SMILES string of the molecule is CO[C@@H]1C=CC=C[C@]1(CO)OC. The predicted molar refractivity (Wildman–Crippen MR) is 45.9 cm³/mol. The zero-order valence-electron chi connectivity index (χ0n) is 7.36. The lowest BCUT2D eigenvalue weighted by atomic mass is 9.93. The van der Waals surface area contributed by atoms with Gasteiger partial charge in [-0.1, -0.05) is 18.2 Å². The summed E-state index contributed by atoms with van der Waals surface area (Å²) in [5.41, 5.74) is -0.705. The highest BCUT2D eigenvalue weighted by molar-refractivity contribution is 5.23. The molecule has 0 heterocycles. The van der Waals surface area contributed by atoms with Crippen molar-refractivity contribution in [1.82, 2.24) is 0 Å². The maximum atomic E-state index is 9.15. The molecular weight excluding hydrogens is 156 g/mol. The first-order chi connectivity index (χ1) is 5.79. The molecule has 1 aliphatic rings. The fourth-order valence-electron chi connectivity index (χ4n) is 1.31. The van der Waals surface area contributed by atoms with E-state index in [2.05, 4.69) is 0 Å². The molecule has 0 saturated heterocycles. The summed E-state index contributed by atoms with van der Waals surface area (Å²) in [7, 11) is 3.16. The highest BCUT2D eigenvalue weighted by Gasteiger charge is 2.35. The second-order valence-corrected chi connectivity index (χ2v) is 2.72. The van der Waals surface area contributed by atoms with Crippen molar-refractivity contribution in [2.24, 2.45) is 0 Å². The van der Waals surface area contributed by atoms with Crippen LogP contribution < -0.4 is 0 Å². The van der Waals surface area contributed by atoms with Crippen LogP contribution in [0, 0.1) is 0 Å². The Hall–Kier alpha value is -0.640. The van der Waals surface area contributed by atoms with Gasteiger partial charge in [0.25, 0.3) is 0 Å². The van der Waals surface area contributed by atoms with Gasteiger partial charge in [-0.3, -0.25) is 0 Å². The van der Waals surface area contributed by atoms with E-state index < -0.39 is 5.60 Å². The first-order valence-electron chi connectivity index (χ1n) is 3.84. The van der Waals surface area contributed by atoms with Crippen molar-refractivity contribution >= 4 is 0 Å². The first-order valence-corrected chi connectivity index (χ1v) is 3.84. The molecule has 1 aliphatic carbocycles. The van der Waals surface area contributed by atoms with E-state index in [0.717, 1.165) is 0 Å². The van der Waals surface area contributed by atoms with E-state index in [4.69, 9.17) is 14.6 Å². The van der Waals surface area contributed by atoms with Gasteiger partial charge in [-0.25, -0.2) is 0 Å². The van der Waals surface area contributed by atoms with Gasteiger partial charge >= 0.3 is 0 Å². The van der Waals surface area contributed by atoms with Crippen LogP contribution >= 0.6 is 0 Å². The molecule has 1 rings (SSSR count). The number of hydrogen-bond acceptors (Lipinski definition) is 3. The average Bonchev–Trinajstić information content (AvgIpc) is 2.17. The van der Waals surface area contributed by atoms with Crippen LogP contribution in [-0.4, -0.2) is 37.6 Å². The average molecular weight is 170 g/mol. The van der Waals surface area contributed by atoms with Crippen LogP contribution in [0.5, 0.6) is 0 Å². The Kier molecular flexibility index (Phi) is 3.03. The van der Waals surface area contributed by atoms with E-state index in [1.807, 2.05) is 18.2 Å². The van der Waals surface area contributed by atoms with Gasteiger partial charge in [0.05, 0.1) is 6.61 Å². The van der Waals surface area contributed by atoms with Crippen molar-refractivity contribution in [3.63, 3.8) is 0 Å². The quantitative estimate of drug-likeness (QED) is 0.670. The number of hydrogen-bond donors (Lipinski definition) is 1. The Morgan fingerprint density at radius 2 is 2.17 bits per heavy atom. The minimum atomic E-state index is -0.705. The molecule has 0 aliphatic heterocycles. The maximum Gasteiger partial charge on any atom is 0.139 e. The number of aliphatic hydroxyl groups is 1. The molecule has 2 atom stereocenters. The lowest BCUT2D eigenvalue weighted by Gasteiger charge is -2.34. The smallest absolute Gasteiger partial charge is 0.139 e. The number of allylic oxidation sites excluding steroid dienone is 2. The van der Waals surface area contributed by atoms with Crippen LogP contribution in [0.4, 0.5) is 0 Å². The molecule has 0 radical (unpaired) electrons. The largest absolute Gasteiger partial charge is 0.393 e. The van der Waals surface area contributed by atoms with Crippen LogP contribution in [-0.2, 0) is 9.47 Å².